The highest BCUT2D eigenvalue weighted by Crippen LogP contribution is 2.20. The SMILES string of the molecule is CC(CCCC#N)c1ccccc1. The third-order valence-corrected chi connectivity index (χ3v) is 2.29. The number of benzene rings is 1. The lowest BCUT2D eigenvalue weighted by atomic mass is 9.96. The molecule has 1 unspecified atom stereocenters. The molecule has 0 fully saturated rings. The van der Waals surface area contributed by atoms with Crippen molar-refractivity contribution >= 4 is 0 Å². The van der Waals surface area contributed by atoms with Crippen LogP contribution in [0.5, 0.6) is 0 Å². The molecule has 0 aliphatic rings. The summed E-state index contributed by atoms with van der Waals surface area (Å²) in [4.78, 5) is 0. The third kappa shape index (κ3) is 3.29. The zero-order chi connectivity index (χ0) is 9.52. The van der Waals surface area contributed by atoms with Crippen LogP contribution in [0, 0.1) is 11.3 Å². The van der Waals surface area contributed by atoms with Gasteiger partial charge in [-0.1, -0.05) is 37.3 Å². The summed E-state index contributed by atoms with van der Waals surface area (Å²) in [5.41, 5.74) is 1.38. The Labute approximate surface area is 80.0 Å². The van der Waals surface area contributed by atoms with Crippen molar-refractivity contribution < 1.29 is 0 Å². The molecule has 0 bridgehead atoms. The van der Waals surface area contributed by atoms with Gasteiger partial charge in [-0.25, -0.2) is 0 Å². The van der Waals surface area contributed by atoms with E-state index in [1.807, 2.05) is 6.07 Å². The molecule has 1 heteroatoms. The van der Waals surface area contributed by atoms with Gasteiger partial charge in [0.15, 0.2) is 0 Å². The van der Waals surface area contributed by atoms with Crippen LogP contribution in [-0.2, 0) is 0 Å². The van der Waals surface area contributed by atoms with Crippen LogP contribution in [0.2, 0.25) is 0 Å². The topological polar surface area (TPSA) is 23.8 Å². The van der Waals surface area contributed by atoms with E-state index in [2.05, 4.69) is 37.3 Å². The molecule has 0 radical (unpaired) electrons. The summed E-state index contributed by atoms with van der Waals surface area (Å²) in [6.07, 6.45) is 2.79. The Kier molecular flexibility index (Phi) is 4.05. The molecule has 0 heterocycles. The van der Waals surface area contributed by atoms with Crippen molar-refractivity contribution in [2.24, 2.45) is 0 Å². The van der Waals surface area contributed by atoms with Crippen molar-refractivity contribution in [3.8, 4) is 6.07 Å². The summed E-state index contributed by atoms with van der Waals surface area (Å²) in [6.45, 7) is 2.21. The van der Waals surface area contributed by atoms with Crippen molar-refractivity contribution in [3.05, 3.63) is 35.9 Å². The van der Waals surface area contributed by atoms with Gasteiger partial charge in [0.1, 0.15) is 0 Å². The maximum Gasteiger partial charge on any atom is 0.0621 e. The number of nitriles is 1. The highest BCUT2D eigenvalue weighted by atomic mass is 14.2. The molecule has 1 aromatic carbocycles. The van der Waals surface area contributed by atoms with E-state index in [0.29, 0.717) is 12.3 Å². The summed E-state index contributed by atoms with van der Waals surface area (Å²) < 4.78 is 0. The second-order valence-electron chi connectivity index (χ2n) is 3.36. The first kappa shape index (κ1) is 9.80. The van der Waals surface area contributed by atoms with Gasteiger partial charge in [-0.2, -0.15) is 5.26 Å². The molecule has 13 heavy (non-hydrogen) atoms. The average molecular weight is 173 g/mol. The van der Waals surface area contributed by atoms with Crippen LogP contribution in [-0.4, -0.2) is 0 Å². The smallest absolute Gasteiger partial charge is 0.0621 e. The molecule has 1 atom stereocenters. The number of nitrogens with zero attached hydrogens (tertiary/aromatic N) is 1. The lowest BCUT2D eigenvalue weighted by Crippen LogP contribution is -1.92. The van der Waals surface area contributed by atoms with Crippen molar-refractivity contribution in [2.45, 2.75) is 32.1 Å². The summed E-state index contributed by atoms with van der Waals surface area (Å²) in [5, 5.41) is 8.40. The van der Waals surface area contributed by atoms with E-state index in [1.165, 1.54) is 5.56 Å². The molecular weight excluding hydrogens is 158 g/mol. The predicted octanol–water partition coefficient (Wildman–Crippen LogP) is 3.48. The van der Waals surface area contributed by atoms with Gasteiger partial charge in [0.2, 0.25) is 0 Å². The molecule has 0 spiro atoms. The summed E-state index contributed by atoms with van der Waals surface area (Å²) in [6, 6.07) is 12.6. The lowest BCUT2D eigenvalue weighted by Gasteiger charge is -2.09. The first-order valence-electron chi connectivity index (χ1n) is 4.76. The largest absolute Gasteiger partial charge is 0.198 e. The first-order valence-corrected chi connectivity index (χ1v) is 4.76. The van der Waals surface area contributed by atoms with Crippen LogP contribution >= 0.6 is 0 Å². The Hall–Kier alpha value is -1.29. The monoisotopic (exact) mass is 173 g/mol. The average Bonchev–Trinajstić information content (AvgIpc) is 2.19. The minimum Gasteiger partial charge on any atom is -0.198 e. The van der Waals surface area contributed by atoms with E-state index in [0.717, 1.165) is 12.8 Å². The predicted molar refractivity (Wildman–Crippen MR) is 54.3 cm³/mol. The van der Waals surface area contributed by atoms with E-state index in [9.17, 15) is 0 Å². The van der Waals surface area contributed by atoms with E-state index in [-0.39, 0.29) is 0 Å². The fourth-order valence-electron chi connectivity index (χ4n) is 1.44. The van der Waals surface area contributed by atoms with Crippen LogP contribution in [0.1, 0.15) is 37.7 Å². The minimum atomic E-state index is 0.578. The van der Waals surface area contributed by atoms with E-state index < -0.39 is 0 Å². The van der Waals surface area contributed by atoms with Crippen LogP contribution in [0.4, 0.5) is 0 Å². The van der Waals surface area contributed by atoms with Crippen molar-refractivity contribution in [3.63, 3.8) is 0 Å². The fraction of sp³-hybridized carbons (Fsp3) is 0.417. The van der Waals surface area contributed by atoms with Crippen LogP contribution < -0.4 is 0 Å². The highest BCUT2D eigenvalue weighted by molar-refractivity contribution is 5.18. The van der Waals surface area contributed by atoms with Gasteiger partial charge in [0.25, 0.3) is 0 Å². The van der Waals surface area contributed by atoms with Crippen molar-refractivity contribution in [1.82, 2.24) is 0 Å². The molecule has 0 aromatic heterocycles. The molecule has 1 nitrogen and oxygen atoms in total. The Bertz CT molecular complexity index is 271. The van der Waals surface area contributed by atoms with Crippen molar-refractivity contribution in [1.29, 1.82) is 5.26 Å². The fourth-order valence-corrected chi connectivity index (χ4v) is 1.44. The highest BCUT2D eigenvalue weighted by Gasteiger charge is 2.03. The van der Waals surface area contributed by atoms with E-state index in [4.69, 9.17) is 5.26 Å². The quantitative estimate of drug-likeness (QED) is 0.639. The van der Waals surface area contributed by atoms with Crippen LogP contribution in [0.25, 0.3) is 0 Å². The minimum absolute atomic E-state index is 0.578. The number of hydrogen-bond donors (Lipinski definition) is 0. The molecule has 0 amide bonds. The van der Waals surface area contributed by atoms with Gasteiger partial charge < -0.3 is 0 Å². The van der Waals surface area contributed by atoms with Gasteiger partial charge in [-0.3, -0.25) is 0 Å². The molecule has 0 N–H and O–H groups in total. The van der Waals surface area contributed by atoms with Gasteiger partial charge in [-0.15, -0.1) is 0 Å². The van der Waals surface area contributed by atoms with Gasteiger partial charge in [-0.05, 0) is 24.3 Å². The molecular formula is C12H15N. The van der Waals surface area contributed by atoms with Crippen LogP contribution in [0.3, 0.4) is 0 Å². The van der Waals surface area contributed by atoms with Gasteiger partial charge in [0, 0.05) is 6.42 Å². The van der Waals surface area contributed by atoms with Gasteiger partial charge >= 0.3 is 0 Å². The zero-order valence-corrected chi connectivity index (χ0v) is 8.03. The lowest BCUT2D eigenvalue weighted by molar-refractivity contribution is 0.643. The standard InChI is InChI=1S/C12H15N/c1-11(7-5-6-10-13)12-8-3-2-4-9-12/h2-4,8-9,11H,5-7H2,1H3. The van der Waals surface area contributed by atoms with Gasteiger partial charge in [0.05, 0.1) is 6.07 Å². The Balaban J connectivity index is 2.41. The molecule has 0 saturated heterocycles. The normalized spacial score (nSPS) is 12.0. The summed E-state index contributed by atoms with van der Waals surface area (Å²) in [5.74, 6) is 0.578. The zero-order valence-electron chi connectivity index (χ0n) is 8.03. The first-order chi connectivity index (χ1) is 6.34. The molecule has 0 aliphatic heterocycles. The molecule has 1 rings (SSSR count). The van der Waals surface area contributed by atoms with Crippen molar-refractivity contribution in [2.75, 3.05) is 0 Å². The Morgan fingerprint density at radius 1 is 1.31 bits per heavy atom. The molecule has 0 aliphatic carbocycles. The maximum absolute atomic E-state index is 8.40. The summed E-state index contributed by atoms with van der Waals surface area (Å²) in [7, 11) is 0. The molecule has 68 valence electrons. The molecule has 0 saturated carbocycles. The van der Waals surface area contributed by atoms with E-state index in [1.54, 1.807) is 0 Å². The number of unbranched alkanes of at least 4 members (excludes halogenated alkanes) is 1. The second-order valence-corrected chi connectivity index (χ2v) is 3.36. The Morgan fingerprint density at radius 3 is 2.62 bits per heavy atom. The Morgan fingerprint density at radius 2 is 2.00 bits per heavy atom. The maximum atomic E-state index is 8.40. The molecule has 1 aromatic rings. The second kappa shape index (κ2) is 5.37. The third-order valence-electron chi connectivity index (χ3n) is 2.29. The summed E-state index contributed by atoms with van der Waals surface area (Å²) >= 11 is 0. The number of rotatable bonds is 4. The number of hydrogen-bond acceptors (Lipinski definition) is 1. The van der Waals surface area contributed by atoms with Crippen LogP contribution in [0.15, 0.2) is 30.3 Å². The van der Waals surface area contributed by atoms with E-state index >= 15 is 0 Å².